The SMILES string of the molecule is C1=CSC(c2nnc(Nc3ccccc3)o2)C=C1. The molecule has 0 bridgehead atoms. The number of thioether (sulfide) groups is 1. The lowest BCUT2D eigenvalue weighted by atomic mass is 10.3. The van der Waals surface area contributed by atoms with Crippen molar-refractivity contribution in [1.29, 1.82) is 0 Å². The average molecular weight is 257 g/mol. The molecule has 1 aliphatic rings. The van der Waals surface area contributed by atoms with E-state index in [9.17, 15) is 0 Å². The van der Waals surface area contributed by atoms with Crippen molar-refractivity contribution in [3.63, 3.8) is 0 Å². The van der Waals surface area contributed by atoms with Crippen LogP contribution in [0.5, 0.6) is 0 Å². The first-order chi connectivity index (χ1) is 8.92. The molecule has 18 heavy (non-hydrogen) atoms. The minimum atomic E-state index is 0.105. The molecule has 5 heteroatoms. The minimum Gasteiger partial charge on any atom is -0.406 e. The third-order valence-electron chi connectivity index (χ3n) is 2.41. The fourth-order valence-electron chi connectivity index (χ4n) is 1.57. The predicted molar refractivity (Wildman–Crippen MR) is 72.6 cm³/mol. The van der Waals surface area contributed by atoms with Gasteiger partial charge in [0, 0.05) is 5.69 Å². The molecule has 2 heterocycles. The van der Waals surface area contributed by atoms with Crippen molar-refractivity contribution < 1.29 is 4.42 Å². The third kappa shape index (κ3) is 2.46. The first-order valence-electron chi connectivity index (χ1n) is 5.56. The number of para-hydroxylation sites is 1. The van der Waals surface area contributed by atoms with E-state index in [2.05, 4.69) is 15.5 Å². The number of hydrogen-bond acceptors (Lipinski definition) is 5. The Kier molecular flexibility index (Phi) is 3.14. The topological polar surface area (TPSA) is 51.0 Å². The number of aromatic nitrogens is 2. The number of nitrogens with zero attached hydrogens (tertiary/aromatic N) is 2. The van der Waals surface area contributed by atoms with Crippen molar-refractivity contribution in [3.05, 3.63) is 59.9 Å². The number of rotatable bonds is 3. The van der Waals surface area contributed by atoms with Crippen molar-refractivity contribution in [2.45, 2.75) is 5.25 Å². The van der Waals surface area contributed by atoms with Gasteiger partial charge in [-0.25, -0.2) is 0 Å². The molecule has 3 rings (SSSR count). The number of hydrogen-bond donors (Lipinski definition) is 1. The summed E-state index contributed by atoms with van der Waals surface area (Å²) in [5.41, 5.74) is 0.930. The summed E-state index contributed by atoms with van der Waals surface area (Å²) in [7, 11) is 0. The normalized spacial score (nSPS) is 17.9. The maximum Gasteiger partial charge on any atom is 0.320 e. The summed E-state index contributed by atoms with van der Waals surface area (Å²) in [4.78, 5) is 0. The van der Waals surface area contributed by atoms with E-state index in [1.807, 2.05) is 54.0 Å². The molecule has 0 saturated carbocycles. The molecule has 4 nitrogen and oxygen atoms in total. The zero-order valence-corrected chi connectivity index (χ0v) is 10.3. The molecule has 1 atom stereocenters. The van der Waals surface area contributed by atoms with Crippen LogP contribution in [0.25, 0.3) is 0 Å². The molecule has 0 fully saturated rings. The summed E-state index contributed by atoms with van der Waals surface area (Å²) in [6.45, 7) is 0. The van der Waals surface area contributed by atoms with Gasteiger partial charge < -0.3 is 9.73 Å². The standard InChI is InChI=1S/C13H11N3OS/c1-2-6-10(7-3-1)14-13-16-15-12(17-13)11-8-4-5-9-18-11/h1-9,11H,(H,14,16). The Labute approximate surface area is 109 Å². The van der Waals surface area contributed by atoms with Crippen LogP contribution in [-0.2, 0) is 0 Å². The summed E-state index contributed by atoms with van der Waals surface area (Å²) in [5, 5.41) is 13.2. The molecule has 1 unspecified atom stereocenters. The molecular formula is C13H11N3OS. The molecule has 1 aromatic carbocycles. The predicted octanol–water partition coefficient (Wildman–Crippen LogP) is 3.67. The van der Waals surface area contributed by atoms with Gasteiger partial charge in [-0.1, -0.05) is 41.5 Å². The Morgan fingerprint density at radius 3 is 2.78 bits per heavy atom. The lowest BCUT2D eigenvalue weighted by Crippen LogP contribution is -1.90. The Morgan fingerprint density at radius 2 is 2.00 bits per heavy atom. The molecule has 1 N–H and O–H groups in total. The molecule has 0 saturated heterocycles. The van der Waals surface area contributed by atoms with E-state index in [-0.39, 0.29) is 5.25 Å². The Balaban J connectivity index is 1.74. The van der Waals surface area contributed by atoms with Gasteiger partial charge in [-0.05, 0) is 17.5 Å². The van der Waals surface area contributed by atoms with Gasteiger partial charge in [-0.2, -0.15) is 0 Å². The zero-order chi connectivity index (χ0) is 12.2. The van der Waals surface area contributed by atoms with Gasteiger partial charge in [0.1, 0.15) is 5.25 Å². The number of nitrogens with one attached hydrogen (secondary N) is 1. The van der Waals surface area contributed by atoms with E-state index in [1.54, 1.807) is 11.8 Å². The maximum absolute atomic E-state index is 5.59. The summed E-state index contributed by atoms with van der Waals surface area (Å²) in [6.07, 6.45) is 6.00. The molecule has 2 aromatic rings. The van der Waals surface area contributed by atoms with E-state index in [4.69, 9.17) is 4.42 Å². The molecule has 0 radical (unpaired) electrons. The van der Waals surface area contributed by atoms with Crippen LogP contribution in [0.3, 0.4) is 0 Å². The highest BCUT2D eigenvalue weighted by atomic mass is 32.2. The zero-order valence-electron chi connectivity index (χ0n) is 9.48. The van der Waals surface area contributed by atoms with Gasteiger partial charge in [0.25, 0.3) is 0 Å². The fourth-order valence-corrected chi connectivity index (χ4v) is 2.32. The van der Waals surface area contributed by atoms with Gasteiger partial charge >= 0.3 is 6.01 Å². The van der Waals surface area contributed by atoms with E-state index in [0.29, 0.717) is 11.9 Å². The van der Waals surface area contributed by atoms with Crippen molar-refractivity contribution in [2.75, 3.05) is 5.32 Å². The highest BCUT2D eigenvalue weighted by molar-refractivity contribution is 8.02. The molecule has 0 aliphatic carbocycles. The smallest absolute Gasteiger partial charge is 0.320 e. The Morgan fingerprint density at radius 1 is 1.11 bits per heavy atom. The van der Waals surface area contributed by atoms with E-state index in [1.165, 1.54) is 0 Å². The Bertz CT molecular complexity index is 577. The fraction of sp³-hybridized carbons (Fsp3) is 0.0769. The summed E-state index contributed by atoms with van der Waals surface area (Å²) in [6, 6.07) is 10.2. The van der Waals surface area contributed by atoms with Crippen LogP contribution in [0, 0.1) is 0 Å². The van der Waals surface area contributed by atoms with Crippen molar-refractivity contribution in [3.8, 4) is 0 Å². The van der Waals surface area contributed by atoms with Gasteiger partial charge in [-0.15, -0.1) is 16.9 Å². The molecular weight excluding hydrogens is 246 g/mol. The quantitative estimate of drug-likeness (QED) is 0.909. The van der Waals surface area contributed by atoms with Crippen LogP contribution in [0.4, 0.5) is 11.7 Å². The van der Waals surface area contributed by atoms with E-state index in [0.717, 1.165) is 5.69 Å². The monoisotopic (exact) mass is 257 g/mol. The van der Waals surface area contributed by atoms with Gasteiger partial charge in [0.15, 0.2) is 0 Å². The molecule has 1 aromatic heterocycles. The number of benzene rings is 1. The average Bonchev–Trinajstić information content (AvgIpc) is 2.89. The lowest BCUT2D eigenvalue weighted by Gasteiger charge is -2.06. The van der Waals surface area contributed by atoms with Crippen molar-refractivity contribution >= 4 is 23.5 Å². The number of allylic oxidation sites excluding steroid dienone is 2. The van der Waals surface area contributed by atoms with Crippen LogP contribution in [0.15, 0.2) is 58.4 Å². The van der Waals surface area contributed by atoms with Gasteiger partial charge in [0.05, 0.1) is 0 Å². The van der Waals surface area contributed by atoms with Crippen LogP contribution in [-0.4, -0.2) is 10.2 Å². The van der Waals surface area contributed by atoms with Crippen molar-refractivity contribution in [1.82, 2.24) is 10.2 Å². The lowest BCUT2D eigenvalue weighted by molar-refractivity contribution is 0.520. The number of anilines is 2. The Hall–Kier alpha value is -2.01. The molecule has 0 amide bonds. The van der Waals surface area contributed by atoms with Crippen LogP contribution < -0.4 is 5.32 Å². The molecule has 1 aliphatic heterocycles. The summed E-state index contributed by atoms with van der Waals surface area (Å²) < 4.78 is 5.59. The van der Waals surface area contributed by atoms with Crippen LogP contribution in [0.2, 0.25) is 0 Å². The van der Waals surface area contributed by atoms with Crippen LogP contribution >= 0.6 is 11.8 Å². The summed E-state index contributed by atoms with van der Waals surface area (Å²) in [5.74, 6) is 0.610. The van der Waals surface area contributed by atoms with E-state index >= 15 is 0 Å². The highest BCUT2D eigenvalue weighted by Crippen LogP contribution is 2.33. The van der Waals surface area contributed by atoms with E-state index < -0.39 is 0 Å². The molecule has 0 spiro atoms. The minimum absolute atomic E-state index is 0.105. The molecule has 90 valence electrons. The van der Waals surface area contributed by atoms with Gasteiger partial charge in [-0.3, -0.25) is 0 Å². The van der Waals surface area contributed by atoms with Crippen molar-refractivity contribution in [2.24, 2.45) is 0 Å². The van der Waals surface area contributed by atoms with Gasteiger partial charge in [0.2, 0.25) is 5.89 Å². The largest absolute Gasteiger partial charge is 0.406 e. The maximum atomic E-state index is 5.59. The highest BCUT2D eigenvalue weighted by Gasteiger charge is 2.16. The first kappa shape index (κ1) is 11.1. The second-order valence-corrected chi connectivity index (χ2v) is 4.76. The second kappa shape index (κ2) is 5.10. The van der Waals surface area contributed by atoms with Crippen LogP contribution in [0.1, 0.15) is 11.1 Å². The first-order valence-corrected chi connectivity index (χ1v) is 6.50. The third-order valence-corrected chi connectivity index (χ3v) is 3.38. The second-order valence-electron chi connectivity index (χ2n) is 3.71. The summed E-state index contributed by atoms with van der Waals surface area (Å²) >= 11 is 1.64.